The number of fused-ring (bicyclic) bond motifs is 1. The van der Waals surface area contributed by atoms with E-state index in [0.29, 0.717) is 0 Å². The Hall–Kier alpha value is -1.73. The summed E-state index contributed by atoms with van der Waals surface area (Å²) in [5.74, 6) is 1.70. The molecule has 0 atom stereocenters. The second-order valence-corrected chi connectivity index (χ2v) is 6.08. The van der Waals surface area contributed by atoms with E-state index in [2.05, 4.69) is 36.2 Å². The minimum absolute atomic E-state index is 0.719. The van der Waals surface area contributed by atoms with Gasteiger partial charge in [-0.25, -0.2) is 15.0 Å². The summed E-state index contributed by atoms with van der Waals surface area (Å²) in [6, 6.07) is 0. The van der Waals surface area contributed by atoms with E-state index in [1.165, 1.54) is 0 Å². The second-order valence-electron chi connectivity index (χ2n) is 6.08. The van der Waals surface area contributed by atoms with Crippen molar-refractivity contribution in [1.29, 1.82) is 0 Å². The average molecular weight is 302 g/mol. The third-order valence-electron chi connectivity index (χ3n) is 4.60. The first kappa shape index (κ1) is 13.9. The van der Waals surface area contributed by atoms with Gasteiger partial charge in [0.2, 0.25) is 0 Å². The third kappa shape index (κ3) is 2.44. The molecule has 4 rings (SSSR count). The fourth-order valence-corrected chi connectivity index (χ4v) is 3.34. The summed E-state index contributed by atoms with van der Waals surface area (Å²) >= 11 is 0. The van der Waals surface area contributed by atoms with Crippen molar-refractivity contribution in [1.82, 2.24) is 24.4 Å². The minimum atomic E-state index is 0.719. The number of aryl methyl sites for hydroxylation is 1. The molecule has 0 amide bonds. The lowest BCUT2D eigenvalue weighted by Crippen LogP contribution is -2.53. The van der Waals surface area contributed by atoms with Crippen LogP contribution in [0.15, 0.2) is 12.7 Å². The molecule has 118 valence electrons. The molecule has 2 aliphatic heterocycles. The van der Waals surface area contributed by atoms with E-state index in [1.54, 1.807) is 6.33 Å². The summed E-state index contributed by atoms with van der Waals surface area (Å²) in [7, 11) is 0. The molecule has 0 aliphatic carbocycles. The zero-order chi connectivity index (χ0) is 14.9. The van der Waals surface area contributed by atoms with Gasteiger partial charge in [-0.2, -0.15) is 0 Å². The Labute approximate surface area is 129 Å². The smallest absolute Gasteiger partial charge is 0.165 e. The average Bonchev–Trinajstić information content (AvgIpc) is 2.95. The molecule has 0 saturated carbocycles. The van der Waals surface area contributed by atoms with Crippen molar-refractivity contribution in [3.8, 4) is 0 Å². The van der Waals surface area contributed by atoms with Crippen molar-refractivity contribution >= 4 is 17.0 Å². The van der Waals surface area contributed by atoms with Crippen LogP contribution < -0.4 is 4.90 Å². The van der Waals surface area contributed by atoms with Crippen LogP contribution in [0, 0.1) is 5.92 Å². The number of imidazole rings is 1. The highest BCUT2D eigenvalue weighted by Crippen LogP contribution is 2.28. The molecule has 4 heterocycles. The van der Waals surface area contributed by atoms with Crippen LogP contribution in [0.5, 0.6) is 0 Å². The number of rotatable bonds is 4. The first-order valence-corrected chi connectivity index (χ1v) is 8.06. The number of anilines is 1. The van der Waals surface area contributed by atoms with Crippen LogP contribution in [-0.4, -0.2) is 70.4 Å². The van der Waals surface area contributed by atoms with Gasteiger partial charge in [-0.05, 0) is 6.92 Å². The molecule has 0 spiro atoms. The highest BCUT2D eigenvalue weighted by molar-refractivity contribution is 5.83. The van der Waals surface area contributed by atoms with Gasteiger partial charge in [-0.1, -0.05) is 0 Å². The zero-order valence-electron chi connectivity index (χ0n) is 13.0. The quantitative estimate of drug-likeness (QED) is 0.825. The molecule has 0 radical (unpaired) electrons. The molecule has 2 aliphatic rings. The van der Waals surface area contributed by atoms with Crippen LogP contribution in [0.25, 0.3) is 11.2 Å². The van der Waals surface area contributed by atoms with E-state index in [4.69, 9.17) is 4.74 Å². The van der Waals surface area contributed by atoms with Gasteiger partial charge in [0.25, 0.3) is 0 Å². The van der Waals surface area contributed by atoms with Crippen molar-refractivity contribution in [2.24, 2.45) is 5.92 Å². The molecule has 0 bridgehead atoms. The summed E-state index contributed by atoms with van der Waals surface area (Å²) in [6.45, 7) is 10.1. The van der Waals surface area contributed by atoms with E-state index in [-0.39, 0.29) is 0 Å². The standard InChI is InChI=1S/C15H22N6O/c1-2-20-11-18-13-14(20)16-10-17-15(13)21-8-12(9-21)7-19-3-5-22-6-4-19/h10-12H,2-9H2,1H3. The summed E-state index contributed by atoms with van der Waals surface area (Å²) in [5.41, 5.74) is 1.86. The van der Waals surface area contributed by atoms with E-state index >= 15 is 0 Å². The first-order valence-electron chi connectivity index (χ1n) is 8.06. The largest absolute Gasteiger partial charge is 0.379 e. The maximum Gasteiger partial charge on any atom is 0.165 e. The van der Waals surface area contributed by atoms with Gasteiger partial charge in [0.1, 0.15) is 6.33 Å². The number of hydrogen-bond acceptors (Lipinski definition) is 6. The highest BCUT2D eigenvalue weighted by atomic mass is 16.5. The third-order valence-corrected chi connectivity index (χ3v) is 4.60. The van der Waals surface area contributed by atoms with Crippen LogP contribution >= 0.6 is 0 Å². The van der Waals surface area contributed by atoms with Crippen LogP contribution in [0.3, 0.4) is 0 Å². The normalized spacial score (nSPS) is 20.5. The first-order chi connectivity index (χ1) is 10.8. The fourth-order valence-electron chi connectivity index (χ4n) is 3.34. The van der Waals surface area contributed by atoms with Crippen LogP contribution in [-0.2, 0) is 11.3 Å². The molecular formula is C15H22N6O. The Morgan fingerprint density at radius 3 is 2.77 bits per heavy atom. The number of nitrogens with zero attached hydrogens (tertiary/aromatic N) is 6. The van der Waals surface area contributed by atoms with Gasteiger partial charge >= 0.3 is 0 Å². The SMILES string of the molecule is CCn1cnc2c(N3CC(CN4CCOCC4)C3)ncnc21. The Balaban J connectivity index is 1.43. The molecule has 0 unspecified atom stereocenters. The van der Waals surface area contributed by atoms with Crippen molar-refractivity contribution in [3.63, 3.8) is 0 Å². The van der Waals surface area contributed by atoms with E-state index in [0.717, 1.165) is 75.4 Å². The van der Waals surface area contributed by atoms with Crippen molar-refractivity contribution < 1.29 is 4.74 Å². The van der Waals surface area contributed by atoms with Crippen molar-refractivity contribution in [3.05, 3.63) is 12.7 Å². The Kier molecular flexibility index (Phi) is 3.67. The molecule has 2 saturated heterocycles. The second kappa shape index (κ2) is 5.81. The van der Waals surface area contributed by atoms with E-state index < -0.39 is 0 Å². The van der Waals surface area contributed by atoms with E-state index in [9.17, 15) is 0 Å². The maximum absolute atomic E-state index is 5.40. The van der Waals surface area contributed by atoms with E-state index in [1.807, 2.05) is 6.33 Å². The summed E-state index contributed by atoms with van der Waals surface area (Å²) < 4.78 is 7.47. The molecule has 0 aromatic carbocycles. The Morgan fingerprint density at radius 1 is 1.18 bits per heavy atom. The van der Waals surface area contributed by atoms with Crippen molar-refractivity contribution in [2.75, 3.05) is 50.8 Å². The van der Waals surface area contributed by atoms with Gasteiger partial charge in [-0.15, -0.1) is 0 Å². The van der Waals surface area contributed by atoms with Crippen LogP contribution in [0.1, 0.15) is 6.92 Å². The molecular weight excluding hydrogens is 280 g/mol. The van der Waals surface area contributed by atoms with Crippen LogP contribution in [0.2, 0.25) is 0 Å². The van der Waals surface area contributed by atoms with Gasteiger partial charge < -0.3 is 14.2 Å². The lowest BCUT2D eigenvalue weighted by Gasteiger charge is -2.43. The highest BCUT2D eigenvalue weighted by Gasteiger charge is 2.31. The molecule has 2 aromatic heterocycles. The molecule has 2 aromatic rings. The predicted molar refractivity (Wildman–Crippen MR) is 84.0 cm³/mol. The molecule has 7 nitrogen and oxygen atoms in total. The Morgan fingerprint density at radius 2 is 2.00 bits per heavy atom. The molecule has 7 heteroatoms. The molecule has 22 heavy (non-hydrogen) atoms. The van der Waals surface area contributed by atoms with Gasteiger partial charge in [0.15, 0.2) is 17.0 Å². The van der Waals surface area contributed by atoms with Crippen molar-refractivity contribution in [2.45, 2.75) is 13.5 Å². The maximum atomic E-state index is 5.40. The summed E-state index contributed by atoms with van der Waals surface area (Å²) in [4.78, 5) is 18.2. The number of morpholine rings is 1. The molecule has 0 N–H and O–H groups in total. The lowest BCUT2D eigenvalue weighted by atomic mass is 9.99. The predicted octanol–water partition coefficient (Wildman–Crippen LogP) is 0.615. The number of aromatic nitrogens is 4. The Bertz CT molecular complexity index is 645. The summed E-state index contributed by atoms with van der Waals surface area (Å²) in [5, 5.41) is 0. The summed E-state index contributed by atoms with van der Waals surface area (Å²) in [6.07, 6.45) is 3.51. The fraction of sp³-hybridized carbons (Fsp3) is 0.667. The molecule has 2 fully saturated rings. The minimum Gasteiger partial charge on any atom is -0.379 e. The van der Waals surface area contributed by atoms with Gasteiger partial charge in [-0.3, -0.25) is 4.90 Å². The van der Waals surface area contributed by atoms with Crippen LogP contribution in [0.4, 0.5) is 5.82 Å². The zero-order valence-corrected chi connectivity index (χ0v) is 13.0. The monoisotopic (exact) mass is 302 g/mol. The number of ether oxygens (including phenoxy) is 1. The van der Waals surface area contributed by atoms with Gasteiger partial charge in [0.05, 0.1) is 19.5 Å². The number of hydrogen-bond donors (Lipinski definition) is 0. The lowest BCUT2D eigenvalue weighted by molar-refractivity contribution is 0.0285. The topological polar surface area (TPSA) is 59.3 Å². The van der Waals surface area contributed by atoms with Gasteiger partial charge in [0, 0.05) is 45.2 Å².